The zero-order valence-corrected chi connectivity index (χ0v) is 9.98. The fraction of sp³-hybridized carbons (Fsp3) is 0.818. The Morgan fingerprint density at radius 3 is 2.69 bits per heavy atom. The van der Waals surface area contributed by atoms with Gasteiger partial charge in [0.1, 0.15) is 0 Å². The van der Waals surface area contributed by atoms with Crippen molar-refractivity contribution in [3.8, 4) is 0 Å². The van der Waals surface area contributed by atoms with Crippen LogP contribution >= 0.6 is 0 Å². The summed E-state index contributed by atoms with van der Waals surface area (Å²) in [6.45, 7) is 1.35. The van der Waals surface area contributed by atoms with Gasteiger partial charge in [-0.3, -0.25) is 9.59 Å². The number of aliphatic carboxylic acids is 1. The van der Waals surface area contributed by atoms with Gasteiger partial charge in [0.2, 0.25) is 5.91 Å². The highest BCUT2D eigenvalue weighted by molar-refractivity contribution is 5.77. The Hall–Kier alpha value is -1.10. The van der Waals surface area contributed by atoms with Crippen LogP contribution in [0.15, 0.2) is 0 Å². The Morgan fingerprint density at radius 1 is 1.50 bits per heavy atom. The molecule has 0 aromatic rings. The van der Waals surface area contributed by atoms with Crippen LogP contribution in [0.1, 0.15) is 25.7 Å². The Balaban J connectivity index is 2.30. The lowest BCUT2D eigenvalue weighted by atomic mass is 10.1. The molecule has 0 unspecified atom stereocenters. The molecule has 5 nitrogen and oxygen atoms in total. The third-order valence-corrected chi connectivity index (χ3v) is 3.17. The molecule has 16 heavy (non-hydrogen) atoms. The minimum atomic E-state index is -0.863. The second-order valence-corrected chi connectivity index (χ2v) is 4.44. The van der Waals surface area contributed by atoms with Gasteiger partial charge in [0, 0.05) is 26.1 Å². The van der Waals surface area contributed by atoms with Crippen LogP contribution in [-0.2, 0) is 9.59 Å². The van der Waals surface area contributed by atoms with Crippen LogP contribution < -0.4 is 0 Å². The molecular weight excluding hydrogens is 208 g/mol. The molecule has 1 rings (SSSR count). The van der Waals surface area contributed by atoms with E-state index < -0.39 is 5.97 Å². The van der Waals surface area contributed by atoms with Gasteiger partial charge in [0.25, 0.3) is 0 Å². The van der Waals surface area contributed by atoms with Gasteiger partial charge in [-0.25, -0.2) is 0 Å². The SMILES string of the molecule is CN(CCC(=O)O)C(=O)C[C@@H]1CCCN1C. The molecule has 1 N–H and O–H groups in total. The maximum atomic E-state index is 11.8. The molecule has 1 atom stereocenters. The van der Waals surface area contributed by atoms with Crippen molar-refractivity contribution in [2.75, 3.05) is 27.2 Å². The van der Waals surface area contributed by atoms with E-state index in [4.69, 9.17) is 5.11 Å². The van der Waals surface area contributed by atoms with Gasteiger partial charge in [0.05, 0.1) is 6.42 Å². The van der Waals surface area contributed by atoms with Crippen LogP contribution in [0.3, 0.4) is 0 Å². The van der Waals surface area contributed by atoms with Crippen molar-refractivity contribution in [1.29, 1.82) is 0 Å². The summed E-state index contributed by atoms with van der Waals surface area (Å²) >= 11 is 0. The van der Waals surface area contributed by atoms with Crippen LogP contribution in [0.4, 0.5) is 0 Å². The van der Waals surface area contributed by atoms with Crippen LogP contribution in [-0.4, -0.2) is 60.0 Å². The summed E-state index contributed by atoms with van der Waals surface area (Å²) in [7, 11) is 3.70. The number of rotatable bonds is 5. The first kappa shape index (κ1) is 13.0. The van der Waals surface area contributed by atoms with Crippen molar-refractivity contribution in [3.05, 3.63) is 0 Å². The minimum Gasteiger partial charge on any atom is -0.481 e. The van der Waals surface area contributed by atoms with E-state index in [9.17, 15) is 9.59 Å². The molecule has 1 amide bonds. The maximum Gasteiger partial charge on any atom is 0.305 e. The number of carboxylic acids is 1. The summed E-state index contributed by atoms with van der Waals surface area (Å²) in [6, 6.07) is 0.333. The number of hydrogen-bond donors (Lipinski definition) is 1. The van der Waals surface area contributed by atoms with Crippen molar-refractivity contribution < 1.29 is 14.7 Å². The van der Waals surface area contributed by atoms with Crippen molar-refractivity contribution in [3.63, 3.8) is 0 Å². The largest absolute Gasteiger partial charge is 0.481 e. The number of carboxylic acid groups (broad SMARTS) is 1. The van der Waals surface area contributed by atoms with E-state index in [1.807, 2.05) is 7.05 Å². The van der Waals surface area contributed by atoms with Gasteiger partial charge in [0.15, 0.2) is 0 Å². The lowest BCUT2D eigenvalue weighted by Gasteiger charge is -2.22. The predicted molar refractivity (Wildman–Crippen MR) is 60.2 cm³/mol. The van der Waals surface area contributed by atoms with Crippen LogP contribution in [0.5, 0.6) is 0 Å². The molecule has 0 aromatic carbocycles. The van der Waals surface area contributed by atoms with E-state index in [2.05, 4.69) is 4.90 Å². The maximum absolute atomic E-state index is 11.8. The standard InChI is InChI=1S/C11H20N2O3/c1-12-6-3-4-9(12)8-10(14)13(2)7-5-11(15)16/h9H,3-8H2,1-2H3,(H,15,16)/t9-/m0/s1. The molecule has 1 fully saturated rings. The number of nitrogens with zero attached hydrogens (tertiary/aromatic N) is 2. The third-order valence-electron chi connectivity index (χ3n) is 3.17. The molecule has 0 radical (unpaired) electrons. The molecule has 1 aliphatic heterocycles. The summed E-state index contributed by atoms with van der Waals surface area (Å²) in [6.07, 6.45) is 2.73. The van der Waals surface area contributed by atoms with Crippen molar-refractivity contribution in [1.82, 2.24) is 9.80 Å². The molecule has 1 saturated heterocycles. The summed E-state index contributed by atoms with van der Waals surface area (Å²) in [5, 5.41) is 8.52. The molecule has 0 bridgehead atoms. The Bertz CT molecular complexity index is 268. The van der Waals surface area contributed by atoms with Crippen LogP contribution in [0.25, 0.3) is 0 Å². The van der Waals surface area contributed by atoms with E-state index in [1.54, 1.807) is 7.05 Å². The van der Waals surface area contributed by atoms with Gasteiger partial charge in [-0.15, -0.1) is 0 Å². The number of carbonyl (C=O) groups excluding carboxylic acids is 1. The summed E-state index contributed by atoms with van der Waals surface area (Å²) in [5.74, 6) is -0.822. The third kappa shape index (κ3) is 3.81. The molecule has 5 heteroatoms. The Morgan fingerprint density at radius 2 is 2.19 bits per heavy atom. The first-order valence-corrected chi connectivity index (χ1v) is 5.66. The summed E-state index contributed by atoms with van der Waals surface area (Å²) < 4.78 is 0. The summed E-state index contributed by atoms with van der Waals surface area (Å²) in [5.41, 5.74) is 0. The minimum absolute atomic E-state index is 0.0166. The van der Waals surface area contributed by atoms with Crippen molar-refractivity contribution in [2.45, 2.75) is 31.7 Å². The molecular formula is C11H20N2O3. The molecule has 0 saturated carbocycles. The molecule has 0 aromatic heterocycles. The second-order valence-electron chi connectivity index (χ2n) is 4.44. The molecule has 1 heterocycles. The number of hydrogen-bond acceptors (Lipinski definition) is 3. The molecule has 92 valence electrons. The highest BCUT2D eigenvalue weighted by Gasteiger charge is 2.24. The number of carbonyl (C=O) groups is 2. The normalized spacial score (nSPS) is 21.0. The van der Waals surface area contributed by atoms with Gasteiger partial charge in [-0.2, -0.15) is 0 Å². The predicted octanol–water partition coefficient (Wildman–Crippen LogP) is 0.404. The summed E-state index contributed by atoms with van der Waals surface area (Å²) in [4.78, 5) is 25.9. The average molecular weight is 228 g/mol. The Kier molecular flexibility index (Phi) is 4.73. The fourth-order valence-corrected chi connectivity index (χ4v) is 1.98. The van der Waals surface area contributed by atoms with E-state index in [0.717, 1.165) is 19.4 Å². The van der Waals surface area contributed by atoms with E-state index in [0.29, 0.717) is 19.0 Å². The van der Waals surface area contributed by atoms with E-state index in [-0.39, 0.29) is 12.3 Å². The van der Waals surface area contributed by atoms with Crippen molar-refractivity contribution >= 4 is 11.9 Å². The lowest BCUT2D eigenvalue weighted by molar-refractivity contribution is -0.138. The van der Waals surface area contributed by atoms with E-state index >= 15 is 0 Å². The highest BCUT2D eigenvalue weighted by Crippen LogP contribution is 2.18. The second kappa shape index (κ2) is 5.84. The average Bonchev–Trinajstić information content (AvgIpc) is 2.60. The van der Waals surface area contributed by atoms with Crippen LogP contribution in [0, 0.1) is 0 Å². The van der Waals surface area contributed by atoms with E-state index in [1.165, 1.54) is 4.90 Å². The van der Waals surface area contributed by atoms with Crippen molar-refractivity contribution in [2.24, 2.45) is 0 Å². The van der Waals surface area contributed by atoms with Gasteiger partial charge in [-0.05, 0) is 26.4 Å². The van der Waals surface area contributed by atoms with Gasteiger partial charge in [-0.1, -0.05) is 0 Å². The number of amides is 1. The highest BCUT2D eigenvalue weighted by atomic mass is 16.4. The smallest absolute Gasteiger partial charge is 0.305 e. The fourth-order valence-electron chi connectivity index (χ4n) is 1.98. The first-order valence-electron chi connectivity index (χ1n) is 5.66. The first-order chi connectivity index (χ1) is 7.50. The monoisotopic (exact) mass is 228 g/mol. The molecule has 0 aliphatic carbocycles. The topological polar surface area (TPSA) is 60.9 Å². The lowest BCUT2D eigenvalue weighted by Crippen LogP contribution is -2.35. The number of likely N-dealkylation sites (tertiary alicyclic amines) is 1. The van der Waals surface area contributed by atoms with Gasteiger partial charge < -0.3 is 14.9 Å². The van der Waals surface area contributed by atoms with Crippen LogP contribution in [0.2, 0.25) is 0 Å². The Labute approximate surface area is 96.0 Å². The molecule has 0 spiro atoms. The zero-order valence-electron chi connectivity index (χ0n) is 9.98. The quantitative estimate of drug-likeness (QED) is 0.740. The molecule has 1 aliphatic rings. The zero-order chi connectivity index (χ0) is 12.1. The van der Waals surface area contributed by atoms with Gasteiger partial charge >= 0.3 is 5.97 Å².